The fourth-order valence-corrected chi connectivity index (χ4v) is 3.26. The van der Waals surface area contributed by atoms with Crippen molar-refractivity contribution in [2.24, 2.45) is 11.3 Å². The lowest BCUT2D eigenvalue weighted by molar-refractivity contribution is 0.505. The molecule has 0 bridgehead atoms. The van der Waals surface area contributed by atoms with E-state index < -0.39 is 0 Å². The van der Waals surface area contributed by atoms with Crippen LogP contribution in [0.25, 0.3) is 0 Å². The lowest BCUT2D eigenvalue weighted by Gasteiger charge is -2.03. The average molecular weight is 189 g/mol. The summed E-state index contributed by atoms with van der Waals surface area (Å²) in [4.78, 5) is 0.884. The molecule has 0 amide bonds. The SMILES string of the molecule is CC1CCC2(C1)CC2Br. The molecular formula is C8H13Br. The van der Waals surface area contributed by atoms with Gasteiger partial charge in [-0.05, 0) is 30.6 Å². The van der Waals surface area contributed by atoms with Crippen LogP contribution < -0.4 is 0 Å². The largest absolute Gasteiger partial charge is 0.0884 e. The van der Waals surface area contributed by atoms with Gasteiger partial charge in [-0.2, -0.15) is 0 Å². The van der Waals surface area contributed by atoms with Crippen molar-refractivity contribution < 1.29 is 0 Å². The van der Waals surface area contributed by atoms with Crippen molar-refractivity contribution in [2.75, 3.05) is 0 Å². The third kappa shape index (κ3) is 0.849. The summed E-state index contributed by atoms with van der Waals surface area (Å²) >= 11 is 3.69. The molecule has 0 N–H and O–H groups in total. The minimum atomic E-state index is 0.791. The number of rotatable bonds is 0. The molecule has 2 aliphatic carbocycles. The van der Waals surface area contributed by atoms with Crippen molar-refractivity contribution in [3.63, 3.8) is 0 Å². The second kappa shape index (κ2) is 1.75. The maximum Gasteiger partial charge on any atom is 0.0208 e. The Balaban J connectivity index is 2.03. The third-order valence-electron chi connectivity index (χ3n) is 2.98. The molecule has 2 saturated carbocycles. The van der Waals surface area contributed by atoms with Crippen molar-refractivity contribution >= 4 is 15.9 Å². The number of alkyl halides is 1. The fourth-order valence-electron chi connectivity index (χ4n) is 2.20. The molecule has 0 aromatic rings. The van der Waals surface area contributed by atoms with Gasteiger partial charge in [0.15, 0.2) is 0 Å². The lowest BCUT2D eigenvalue weighted by atomic mass is 10.0. The predicted octanol–water partition coefficient (Wildman–Crippen LogP) is 2.96. The molecule has 3 atom stereocenters. The first-order chi connectivity index (χ1) is 4.23. The summed E-state index contributed by atoms with van der Waals surface area (Å²) < 4.78 is 0. The van der Waals surface area contributed by atoms with E-state index in [0.29, 0.717) is 0 Å². The molecule has 52 valence electrons. The van der Waals surface area contributed by atoms with E-state index in [-0.39, 0.29) is 0 Å². The summed E-state index contributed by atoms with van der Waals surface area (Å²) in [7, 11) is 0. The summed E-state index contributed by atoms with van der Waals surface area (Å²) in [6.45, 7) is 2.38. The van der Waals surface area contributed by atoms with Crippen molar-refractivity contribution in [1.29, 1.82) is 0 Å². The monoisotopic (exact) mass is 188 g/mol. The minimum Gasteiger partial charge on any atom is -0.0884 e. The van der Waals surface area contributed by atoms with E-state index in [1.54, 1.807) is 0 Å². The van der Waals surface area contributed by atoms with Gasteiger partial charge in [0.2, 0.25) is 0 Å². The van der Waals surface area contributed by atoms with Gasteiger partial charge in [-0.1, -0.05) is 29.3 Å². The molecule has 2 fully saturated rings. The first-order valence-corrected chi connectivity index (χ1v) is 4.79. The van der Waals surface area contributed by atoms with Crippen LogP contribution in [0.4, 0.5) is 0 Å². The normalized spacial score (nSPS) is 56.7. The molecule has 9 heavy (non-hydrogen) atoms. The van der Waals surface area contributed by atoms with Crippen molar-refractivity contribution in [2.45, 2.75) is 37.4 Å². The lowest BCUT2D eigenvalue weighted by Crippen LogP contribution is -1.95. The highest BCUT2D eigenvalue weighted by atomic mass is 79.9. The van der Waals surface area contributed by atoms with Gasteiger partial charge in [0.25, 0.3) is 0 Å². The van der Waals surface area contributed by atoms with Gasteiger partial charge in [0, 0.05) is 4.83 Å². The van der Waals surface area contributed by atoms with Gasteiger partial charge in [0.1, 0.15) is 0 Å². The Kier molecular flexibility index (Phi) is 1.20. The Hall–Kier alpha value is 0.480. The zero-order valence-corrected chi connectivity index (χ0v) is 7.45. The number of hydrogen-bond acceptors (Lipinski definition) is 0. The molecule has 1 heteroatoms. The van der Waals surface area contributed by atoms with Crippen LogP contribution in [0.3, 0.4) is 0 Å². The van der Waals surface area contributed by atoms with Crippen LogP contribution in [0.15, 0.2) is 0 Å². The van der Waals surface area contributed by atoms with Crippen molar-refractivity contribution in [1.82, 2.24) is 0 Å². The van der Waals surface area contributed by atoms with Crippen LogP contribution in [-0.4, -0.2) is 4.83 Å². The second-order valence-electron chi connectivity index (χ2n) is 3.88. The fraction of sp³-hybridized carbons (Fsp3) is 1.00. The van der Waals surface area contributed by atoms with E-state index in [1.165, 1.54) is 25.7 Å². The van der Waals surface area contributed by atoms with Crippen molar-refractivity contribution in [3.8, 4) is 0 Å². The third-order valence-corrected chi connectivity index (χ3v) is 4.28. The standard InChI is InChI=1S/C8H13Br/c1-6-2-3-8(4-6)5-7(8)9/h6-7H,2-5H2,1H3. The molecule has 3 unspecified atom stereocenters. The summed E-state index contributed by atoms with van der Waals surface area (Å²) in [5, 5.41) is 0. The highest BCUT2D eigenvalue weighted by Gasteiger charge is 2.55. The van der Waals surface area contributed by atoms with E-state index in [1.807, 2.05) is 0 Å². The summed E-state index contributed by atoms with van der Waals surface area (Å²) in [5.41, 5.74) is 0.791. The Labute approximate surface area is 65.1 Å². The number of halogens is 1. The molecule has 0 aromatic carbocycles. The van der Waals surface area contributed by atoms with Crippen molar-refractivity contribution in [3.05, 3.63) is 0 Å². The summed E-state index contributed by atoms with van der Waals surface area (Å²) in [6, 6.07) is 0. The Bertz CT molecular complexity index is 131. The van der Waals surface area contributed by atoms with Gasteiger partial charge in [0.05, 0.1) is 0 Å². The van der Waals surface area contributed by atoms with Crippen LogP contribution in [0.5, 0.6) is 0 Å². The highest BCUT2D eigenvalue weighted by molar-refractivity contribution is 9.09. The maximum absolute atomic E-state index is 3.69. The molecule has 2 rings (SSSR count). The van der Waals surface area contributed by atoms with Crippen LogP contribution in [-0.2, 0) is 0 Å². The molecule has 0 nitrogen and oxygen atoms in total. The minimum absolute atomic E-state index is 0.791. The van der Waals surface area contributed by atoms with E-state index in [2.05, 4.69) is 22.9 Å². The Morgan fingerprint density at radius 3 is 2.33 bits per heavy atom. The topological polar surface area (TPSA) is 0 Å². The number of hydrogen-bond donors (Lipinski definition) is 0. The zero-order chi connectivity index (χ0) is 6.48. The average Bonchev–Trinajstić information content (AvgIpc) is 2.17. The molecule has 0 radical (unpaired) electrons. The van der Waals surface area contributed by atoms with Crippen LogP contribution in [0, 0.1) is 11.3 Å². The molecule has 0 saturated heterocycles. The zero-order valence-electron chi connectivity index (χ0n) is 5.86. The molecule has 2 aliphatic rings. The molecule has 1 spiro atoms. The van der Waals surface area contributed by atoms with E-state index >= 15 is 0 Å². The van der Waals surface area contributed by atoms with Crippen LogP contribution >= 0.6 is 15.9 Å². The van der Waals surface area contributed by atoms with E-state index in [4.69, 9.17) is 0 Å². The Morgan fingerprint density at radius 2 is 2.11 bits per heavy atom. The summed E-state index contributed by atoms with van der Waals surface area (Å²) in [5.74, 6) is 1.01. The molecule has 0 aliphatic heterocycles. The highest BCUT2D eigenvalue weighted by Crippen LogP contribution is 2.62. The predicted molar refractivity (Wildman–Crippen MR) is 42.8 cm³/mol. The molecule has 0 aromatic heterocycles. The quantitative estimate of drug-likeness (QED) is 0.514. The van der Waals surface area contributed by atoms with E-state index in [0.717, 1.165) is 16.2 Å². The van der Waals surface area contributed by atoms with Crippen LogP contribution in [0.1, 0.15) is 32.6 Å². The van der Waals surface area contributed by atoms with Gasteiger partial charge in [-0.25, -0.2) is 0 Å². The molecular weight excluding hydrogens is 176 g/mol. The maximum atomic E-state index is 3.69. The first-order valence-electron chi connectivity index (χ1n) is 3.87. The Morgan fingerprint density at radius 1 is 1.44 bits per heavy atom. The van der Waals surface area contributed by atoms with E-state index in [9.17, 15) is 0 Å². The smallest absolute Gasteiger partial charge is 0.0208 e. The first kappa shape index (κ1) is 6.21. The van der Waals surface area contributed by atoms with Gasteiger partial charge >= 0.3 is 0 Å². The van der Waals surface area contributed by atoms with Gasteiger partial charge < -0.3 is 0 Å². The second-order valence-corrected chi connectivity index (χ2v) is 4.99. The van der Waals surface area contributed by atoms with Crippen LogP contribution in [0.2, 0.25) is 0 Å². The summed E-state index contributed by atoms with van der Waals surface area (Å²) in [6.07, 6.45) is 5.91. The molecule has 0 heterocycles. The van der Waals surface area contributed by atoms with Gasteiger partial charge in [-0.3, -0.25) is 0 Å². The van der Waals surface area contributed by atoms with Gasteiger partial charge in [-0.15, -0.1) is 0 Å².